The standard InChI is InChI=1S/C15H16ClNO2S/c1-9(17-10(2)14-5-6-15(16)20-14)11-3-4-12-13(7-11)19-8-18-12/h3-7,9-10,17H,8H2,1-2H3. The zero-order chi connectivity index (χ0) is 14.1. The lowest BCUT2D eigenvalue weighted by molar-refractivity contribution is 0.174. The molecule has 1 aliphatic rings. The van der Waals surface area contributed by atoms with Crippen LogP contribution in [0.3, 0.4) is 0 Å². The molecule has 3 rings (SSSR count). The lowest BCUT2D eigenvalue weighted by atomic mass is 10.1. The smallest absolute Gasteiger partial charge is 0.231 e. The van der Waals surface area contributed by atoms with Crippen LogP contribution in [-0.4, -0.2) is 6.79 Å². The van der Waals surface area contributed by atoms with Gasteiger partial charge >= 0.3 is 0 Å². The molecule has 2 unspecified atom stereocenters. The molecule has 0 radical (unpaired) electrons. The number of fused-ring (bicyclic) bond motifs is 1. The van der Waals surface area contributed by atoms with Crippen molar-refractivity contribution in [3.63, 3.8) is 0 Å². The lowest BCUT2D eigenvalue weighted by Crippen LogP contribution is -2.21. The van der Waals surface area contributed by atoms with Gasteiger partial charge in [-0.15, -0.1) is 11.3 Å². The number of halogens is 1. The molecule has 3 nitrogen and oxygen atoms in total. The van der Waals surface area contributed by atoms with Gasteiger partial charge in [0.2, 0.25) is 6.79 Å². The van der Waals surface area contributed by atoms with Crippen LogP contribution in [0.25, 0.3) is 0 Å². The molecular formula is C15H16ClNO2S. The fraction of sp³-hybridized carbons (Fsp3) is 0.333. The third-order valence-electron chi connectivity index (χ3n) is 3.42. The van der Waals surface area contributed by atoms with Gasteiger partial charge in [0, 0.05) is 17.0 Å². The van der Waals surface area contributed by atoms with E-state index >= 15 is 0 Å². The van der Waals surface area contributed by atoms with Crippen molar-refractivity contribution < 1.29 is 9.47 Å². The highest BCUT2D eigenvalue weighted by Crippen LogP contribution is 2.35. The van der Waals surface area contributed by atoms with Crippen molar-refractivity contribution in [2.24, 2.45) is 0 Å². The second kappa shape index (κ2) is 5.64. The van der Waals surface area contributed by atoms with Crippen molar-refractivity contribution in [3.05, 3.63) is 45.1 Å². The monoisotopic (exact) mass is 309 g/mol. The Morgan fingerprint density at radius 1 is 1.10 bits per heavy atom. The van der Waals surface area contributed by atoms with Gasteiger partial charge in [-0.3, -0.25) is 0 Å². The Balaban J connectivity index is 1.71. The maximum Gasteiger partial charge on any atom is 0.231 e. The summed E-state index contributed by atoms with van der Waals surface area (Å²) >= 11 is 7.59. The molecule has 2 aromatic rings. The van der Waals surface area contributed by atoms with E-state index in [1.54, 1.807) is 11.3 Å². The third-order valence-corrected chi connectivity index (χ3v) is 4.83. The van der Waals surface area contributed by atoms with Crippen LogP contribution in [0.2, 0.25) is 4.34 Å². The molecule has 5 heteroatoms. The first-order valence-corrected chi connectivity index (χ1v) is 7.74. The van der Waals surface area contributed by atoms with Crippen molar-refractivity contribution in [1.82, 2.24) is 5.32 Å². The summed E-state index contributed by atoms with van der Waals surface area (Å²) in [6, 6.07) is 10.5. The Morgan fingerprint density at radius 2 is 1.90 bits per heavy atom. The van der Waals surface area contributed by atoms with Crippen molar-refractivity contribution in [2.45, 2.75) is 25.9 Å². The molecule has 0 amide bonds. The molecule has 0 bridgehead atoms. The average molecular weight is 310 g/mol. The lowest BCUT2D eigenvalue weighted by Gasteiger charge is -2.19. The van der Waals surface area contributed by atoms with E-state index in [-0.39, 0.29) is 12.1 Å². The third kappa shape index (κ3) is 2.77. The highest BCUT2D eigenvalue weighted by Gasteiger charge is 2.17. The molecule has 1 aromatic carbocycles. The first-order chi connectivity index (χ1) is 9.63. The van der Waals surface area contributed by atoms with E-state index in [0.717, 1.165) is 15.8 Å². The molecule has 0 fully saturated rings. The molecule has 2 atom stereocenters. The van der Waals surface area contributed by atoms with E-state index < -0.39 is 0 Å². The Labute approximate surface area is 127 Å². The van der Waals surface area contributed by atoms with Crippen LogP contribution >= 0.6 is 22.9 Å². The molecule has 1 N–H and O–H groups in total. The fourth-order valence-electron chi connectivity index (χ4n) is 2.30. The normalized spacial score (nSPS) is 16.1. The molecule has 0 aliphatic carbocycles. The fourth-order valence-corrected chi connectivity index (χ4v) is 3.37. The van der Waals surface area contributed by atoms with Crippen LogP contribution < -0.4 is 14.8 Å². The molecule has 1 aromatic heterocycles. The predicted molar refractivity (Wildman–Crippen MR) is 81.9 cm³/mol. The highest BCUT2D eigenvalue weighted by molar-refractivity contribution is 7.16. The van der Waals surface area contributed by atoms with E-state index in [0.29, 0.717) is 6.79 Å². The number of hydrogen-bond donors (Lipinski definition) is 1. The second-order valence-electron chi connectivity index (χ2n) is 4.86. The number of nitrogens with one attached hydrogen (secondary N) is 1. The number of ether oxygens (including phenoxy) is 2. The van der Waals surface area contributed by atoms with Gasteiger partial charge < -0.3 is 14.8 Å². The van der Waals surface area contributed by atoms with E-state index in [4.69, 9.17) is 21.1 Å². The van der Waals surface area contributed by atoms with Gasteiger partial charge in [0.1, 0.15) is 0 Å². The molecule has 0 saturated heterocycles. The molecule has 0 spiro atoms. The number of hydrogen-bond acceptors (Lipinski definition) is 4. The molecule has 0 saturated carbocycles. The molecule has 2 heterocycles. The van der Waals surface area contributed by atoms with Gasteiger partial charge in [-0.1, -0.05) is 17.7 Å². The van der Waals surface area contributed by atoms with Crippen molar-refractivity contribution in [1.29, 1.82) is 0 Å². The predicted octanol–water partition coefficient (Wildman–Crippen LogP) is 4.54. The Kier molecular flexibility index (Phi) is 3.87. The van der Waals surface area contributed by atoms with Crippen molar-refractivity contribution in [3.8, 4) is 11.5 Å². The van der Waals surface area contributed by atoms with Crippen LogP contribution in [0.15, 0.2) is 30.3 Å². The van der Waals surface area contributed by atoms with E-state index in [9.17, 15) is 0 Å². The van der Waals surface area contributed by atoms with Gasteiger partial charge in [0.05, 0.1) is 4.34 Å². The average Bonchev–Trinajstić information content (AvgIpc) is 3.05. The summed E-state index contributed by atoms with van der Waals surface area (Å²) in [6.45, 7) is 4.60. The van der Waals surface area contributed by atoms with Crippen molar-refractivity contribution >= 4 is 22.9 Å². The van der Waals surface area contributed by atoms with Crippen LogP contribution in [0, 0.1) is 0 Å². The Hall–Kier alpha value is -1.23. The number of rotatable bonds is 4. The topological polar surface area (TPSA) is 30.5 Å². The van der Waals surface area contributed by atoms with Gasteiger partial charge in [-0.05, 0) is 43.7 Å². The number of benzene rings is 1. The summed E-state index contributed by atoms with van der Waals surface area (Å²) in [4.78, 5) is 1.24. The maximum atomic E-state index is 5.98. The van der Waals surface area contributed by atoms with Crippen LogP contribution in [0.4, 0.5) is 0 Å². The van der Waals surface area contributed by atoms with E-state index in [2.05, 4.69) is 31.3 Å². The quantitative estimate of drug-likeness (QED) is 0.899. The molecule has 106 valence electrons. The van der Waals surface area contributed by atoms with Crippen LogP contribution in [0.5, 0.6) is 11.5 Å². The summed E-state index contributed by atoms with van der Waals surface area (Å²) in [7, 11) is 0. The van der Waals surface area contributed by atoms with Gasteiger partial charge in [0.25, 0.3) is 0 Å². The molecular weight excluding hydrogens is 294 g/mol. The summed E-state index contributed by atoms with van der Waals surface area (Å²) in [6.07, 6.45) is 0. The van der Waals surface area contributed by atoms with Gasteiger partial charge in [-0.2, -0.15) is 0 Å². The minimum atomic E-state index is 0.223. The van der Waals surface area contributed by atoms with Crippen LogP contribution in [0.1, 0.15) is 36.4 Å². The second-order valence-corrected chi connectivity index (χ2v) is 6.61. The zero-order valence-electron chi connectivity index (χ0n) is 11.4. The van der Waals surface area contributed by atoms with Crippen LogP contribution in [-0.2, 0) is 0 Å². The summed E-state index contributed by atoms with van der Waals surface area (Å²) < 4.78 is 11.6. The van der Waals surface area contributed by atoms with E-state index in [1.165, 1.54) is 10.4 Å². The van der Waals surface area contributed by atoms with E-state index in [1.807, 2.05) is 18.2 Å². The summed E-state index contributed by atoms with van der Waals surface area (Å²) in [5.41, 5.74) is 1.18. The summed E-state index contributed by atoms with van der Waals surface area (Å²) in [5.74, 6) is 1.64. The SMILES string of the molecule is CC(NC(C)c1ccc(Cl)s1)c1ccc2c(c1)OCO2. The Morgan fingerprint density at radius 3 is 2.65 bits per heavy atom. The molecule has 20 heavy (non-hydrogen) atoms. The minimum absolute atomic E-state index is 0.223. The van der Waals surface area contributed by atoms with Crippen molar-refractivity contribution in [2.75, 3.05) is 6.79 Å². The minimum Gasteiger partial charge on any atom is -0.454 e. The summed E-state index contributed by atoms with van der Waals surface area (Å²) in [5, 5.41) is 3.57. The van der Waals surface area contributed by atoms with Gasteiger partial charge in [0.15, 0.2) is 11.5 Å². The molecule has 1 aliphatic heterocycles. The largest absolute Gasteiger partial charge is 0.454 e. The first-order valence-electron chi connectivity index (χ1n) is 6.54. The number of thiophene rings is 1. The highest BCUT2D eigenvalue weighted by atomic mass is 35.5. The first kappa shape index (κ1) is 13.7. The maximum absolute atomic E-state index is 5.98. The van der Waals surface area contributed by atoms with Gasteiger partial charge in [-0.25, -0.2) is 0 Å². The Bertz CT molecular complexity index is 614. The zero-order valence-corrected chi connectivity index (χ0v) is 12.9.